The first-order valence-corrected chi connectivity index (χ1v) is 5.10. The molecule has 2 heteroatoms. The molecule has 0 saturated heterocycles. The van der Waals surface area contributed by atoms with Crippen LogP contribution in [0.3, 0.4) is 0 Å². The largest absolute Gasteiger partial charge is 0.463 e. The molecule has 1 atom stereocenters. The third-order valence-electron chi connectivity index (χ3n) is 2.50. The molecule has 0 aliphatic carbocycles. The quantitative estimate of drug-likeness (QED) is 0.687. The number of ether oxygens (including phenoxy) is 2. The van der Waals surface area contributed by atoms with E-state index in [1.807, 2.05) is 38.1 Å². The van der Waals surface area contributed by atoms with E-state index in [9.17, 15) is 0 Å². The normalized spacial score (nSPS) is 14.3. The minimum absolute atomic E-state index is 0.556. The average molecular weight is 206 g/mol. The van der Waals surface area contributed by atoms with E-state index in [-0.39, 0.29) is 0 Å². The van der Waals surface area contributed by atoms with E-state index in [1.54, 1.807) is 13.2 Å². The van der Waals surface area contributed by atoms with Crippen LogP contribution in [-0.4, -0.2) is 12.9 Å². The van der Waals surface area contributed by atoms with Gasteiger partial charge in [0.1, 0.15) is 5.75 Å². The Morgan fingerprint density at radius 1 is 1.47 bits per heavy atom. The molecule has 1 unspecified atom stereocenters. The van der Waals surface area contributed by atoms with Crippen LogP contribution in [0.2, 0.25) is 0 Å². The smallest absolute Gasteiger partial charge is 0.207 e. The lowest BCUT2D eigenvalue weighted by Crippen LogP contribution is -2.33. The number of hydrogen-bond donors (Lipinski definition) is 0. The SMILES string of the molecule is C=Cc1cccc(OC(C)(CC)OC)c1. The van der Waals surface area contributed by atoms with E-state index in [0.717, 1.165) is 17.7 Å². The molecule has 0 amide bonds. The summed E-state index contributed by atoms with van der Waals surface area (Å²) in [6.45, 7) is 7.67. The number of rotatable bonds is 5. The molecule has 15 heavy (non-hydrogen) atoms. The van der Waals surface area contributed by atoms with Gasteiger partial charge in [-0.2, -0.15) is 0 Å². The van der Waals surface area contributed by atoms with Gasteiger partial charge >= 0.3 is 0 Å². The highest BCUT2D eigenvalue weighted by atomic mass is 16.7. The first-order chi connectivity index (χ1) is 7.13. The third kappa shape index (κ3) is 3.10. The van der Waals surface area contributed by atoms with Crippen LogP contribution in [0.25, 0.3) is 6.08 Å². The maximum Gasteiger partial charge on any atom is 0.207 e. The van der Waals surface area contributed by atoms with Crippen molar-refractivity contribution >= 4 is 6.08 Å². The predicted octanol–water partition coefficient (Wildman–Crippen LogP) is 3.48. The Kier molecular flexibility index (Phi) is 3.92. The van der Waals surface area contributed by atoms with Gasteiger partial charge in [0.05, 0.1) is 0 Å². The minimum Gasteiger partial charge on any atom is -0.463 e. The molecule has 0 spiro atoms. The molecule has 0 aliphatic rings. The van der Waals surface area contributed by atoms with E-state index < -0.39 is 5.79 Å². The van der Waals surface area contributed by atoms with Gasteiger partial charge in [0.2, 0.25) is 5.79 Å². The Bertz CT molecular complexity index is 327. The van der Waals surface area contributed by atoms with Gasteiger partial charge in [0.15, 0.2) is 0 Å². The van der Waals surface area contributed by atoms with E-state index in [4.69, 9.17) is 9.47 Å². The van der Waals surface area contributed by atoms with Crippen LogP contribution in [0.15, 0.2) is 30.8 Å². The first kappa shape index (κ1) is 11.8. The van der Waals surface area contributed by atoms with Gasteiger partial charge in [-0.05, 0) is 17.7 Å². The van der Waals surface area contributed by atoms with Crippen molar-refractivity contribution < 1.29 is 9.47 Å². The van der Waals surface area contributed by atoms with Gasteiger partial charge < -0.3 is 9.47 Å². The molecular formula is C13H18O2. The molecule has 0 heterocycles. The number of benzene rings is 1. The molecule has 0 radical (unpaired) electrons. The summed E-state index contributed by atoms with van der Waals surface area (Å²) in [5.74, 6) is 0.248. The van der Waals surface area contributed by atoms with Crippen LogP contribution < -0.4 is 4.74 Å². The van der Waals surface area contributed by atoms with Crippen LogP contribution in [0.1, 0.15) is 25.8 Å². The second-order valence-corrected chi connectivity index (χ2v) is 3.57. The molecule has 0 fully saturated rings. The van der Waals surface area contributed by atoms with Crippen molar-refractivity contribution in [3.8, 4) is 5.75 Å². The van der Waals surface area contributed by atoms with Crippen molar-refractivity contribution in [1.29, 1.82) is 0 Å². The topological polar surface area (TPSA) is 18.5 Å². The molecule has 1 aromatic rings. The lowest BCUT2D eigenvalue weighted by Gasteiger charge is -2.27. The summed E-state index contributed by atoms with van der Waals surface area (Å²) in [4.78, 5) is 0. The van der Waals surface area contributed by atoms with Crippen molar-refractivity contribution in [1.82, 2.24) is 0 Å². The fourth-order valence-electron chi connectivity index (χ4n) is 1.21. The molecule has 1 rings (SSSR count). The summed E-state index contributed by atoms with van der Waals surface area (Å²) in [6.07, 6.45) is 2.59. The molecular weight excluding hydrogens is 188 g/mol. The van der Waals surface area contributed by atoms with Gasteiger partial charge in [-0.1, -0.05) is 31.7 Å². The molecule has 0 aromatic heterocycles. The summed E-state index contributed by atoms with van der Waals surface area (Å²) in [5.41, 5.74) is 1.04. The fourth-order valence-corrected chi connectivity index (χ4v) is 1.21. The Morgan fingerprint density at radius 3 is 2.73 bits per heavy atom. The maximum atomic E-state index is 5.77. The van der Waals surface area contributed by atoms with E-state index in [0.29, 0.717) is 0 Å². The Morgan fingerprint density at radius 2 is 2.20 bits per heavy atom. The highest BCUT2D eigenvalue weighted by Crippen LogP contribution is 2.22. The minimum atomic E-state index is -0.556. The predicted molar refractivity (Wildman–Crippen MR) is 62.9 cm³/mol. The molecule has 0 bridgehead atoms. The van der Waals surface area contributed by atoms with Crippen LogP contribution in [0.4, 0.5) is 0 Å². The highest BCUT2D eigenvalue weighted by Gasteiger charge is 2.22. The third-order valence-corrected chi connectivity index (χ3v) is 2.50. The van der Waals surface area contributed by atoms with E-state index in [1.165, 1.54) is 0 Å². The molecule has 0 N–H and O–H groups in total. The summed E-state index contributed by atoms with van der Waals surface area (Å²) in [6, 6.07) is 7.79. The monoisotopic (exact) mass is 206 g/mol. The van der Waals surface area contributed by atoms with Crippen molar-refractivity contribution in [3.63, 3.8) is 0 Å². The zero-order chi connectivity index (χ0) is 11.3. The lowest BCUT2D eigenvalue weighted by molar-refractivity contribution is -0.151. The summed E-state index contributed by atoms with van der Waals surface area (Å²) in [7, 11) is 1.65. The molecule has 0 saturated carbocycles. The van der Waals surface area contributed by atoms with Crippen molar-refractivity contribution in [2.24, 2.45) is 0 Å². The van der Waals surface area contributed by atoms with Crippen LogP contribution in [-0.2, 0) is 4.74 Å². The average Bonchev–Trinajstić information content (AvgIpc) is 2.29. The molecule has 2 nitrogen and oxygen atoms in total. The molecule has 1 aromatic carbocycles. The van der Waals surface area contributed by atoms with Crippen LogP contribution >= 0.6 is 0 Å². The van der Waals surface area contributed by atoms with Gasteiger partial charge in [-0.25, -0.2) is 0 Å². The highest BCUT2D eigenvalue weighted by molar-refractivity contribution is 5.49. The Balaban J connectivity index is 2.83. The fraction of sp³-hybridized carbons (Fsp3) is 0.385. The zero-order valence-corrected chi connectivity index (χ0v) is 9.62. The number of methoxy groups -OCH3 is 1. The number of hydrogen-bond acceptors (Lipinski definition) is 2. The van der Waals surface area contributed by atoms with Crippen LogP contribution in [0, 0.1) is 0 Å². The van der Waals surface area contributed by atoms with Crippen LogP contribution in [0.5, 0.6) is 5.75 Å². The summed E-state index contributed by atoms with van der Waals surface area (Å²) < 4.78 is 11.1. The van der Waals surface area contributed by atoms with Gasteiger partial charge in [-0.3, -0.25) is 0 Å². The Hall–Kier alpha value is -1.28. The first-order valence-electron chi connectivity index (χ1n) is 5.10. The second-order valence-electron chi connectivity index (χ2n) is 3.57. The zero-order valence-electron chi connectivity index (χ0n) is 9.62. The Labute approximate surface area is 91.5 Å². The summed E-state index contributed by atoms with van der Waals surface area (Å²) >= 11 is 0. The van der Waals surface area contributed by atoms with Gasteiger partial charge in [0, 0.05) is 20.5 Å². The molecule has 0 aliphatic heterocycles. The molecule has 82 valence electrons. The van der Waals surface area contributed by atoms with Gasteiger partial charge in [0.25, 0.3) is 0 Å². The summed E-state index contributed by atoms with van der Waals surface area (Å²) in [5, 5.41) is 0. The van der Waals surface area contributed by atoms with Gasteiger partial charge in [-0.15, -0.1) is 0 Å². The maximum absolute atomic E-state index is 5.77. The standard InChI is InChI=1S/C13H18O2/c1-5-11-8-7-9-12(10-11)15-13(3,6-2)14-4/h5,7-10H,1,6H2,2-4H3. The van der Waals surface area contributed by atoms with Crippen molar-refractivity contribution in [3.05, 3.63) is 36.4 Å². The van der Waals surface area contributed by atoms with Crippen molar-refractivity contribution in [2.75, 3.05) is 7.11 Å². The van der Waals surface area contributed by atoms with Crippen molar-refractivity contribution in [2.45, 2.75) is 26.1 Å². The lowest BCUT2D eigenvalue weighted by atomic mass is 10.2. The van der Waals surface area contributed by atoms with E-state index in [2.05, 4.69) is 6.58 Å². The van der Waals surface area contributed by atoms with E-state index >= 15 is 0 Å². The second kappa shape index (κ2) is 4.99.